The molecule has 0 amide bonds. The fourth-order valence-electron chi connectivity index (χ4n) is 7.30. The van der Waals surface area contributed by atoms with E-state index in [0.29, 0.717) is 39.3 Å². The Morgan fingerprint density at radius 3 is 0.941 bits per heavy atom. The van der Waals surface area contributed by atoms with Gasteiger partial charge in [-0.25, -0.2) is 19.9 Å². The van der Waals surface area contributed by atoms with Crippen LogP contribution < -0.4 is 0 Å². The highest BCUT2D eigenvalue weighted by Crippen LogP contribution is 2.22. The number of aromatic nitrogens is 8. The Labute approximate surface area is 297 Å². The van der Waals surface area contributed by atoms with Crippen LogP contribution in [-0.4, -0.2) is 74.3 Å². The average molecular weight is 681 g/mol. The summed E-state index contributed by atoms with van der Waals surface area (Å²) in [5.41, 5.74) is 8.47. The molecule has 4 heterocycles. The van der Waals surface area contributed by atoms with Gasteiger partial charge in [0, 0.05) is 48.4 Å². The molecule has 0 saturated carbocycles. The monoisotopic (exact) mass is 680 g/mol. The normalized spacial score (nSPS) is 12.3. The lowest BCUT2D eigenvalue weighted by Gasteiger charge is -2.30. The summed E-state index contributed by atoms with van der Waals surface area (Å²) in [5, 5.41) is 0. The number of hydrogen-bond donors (Lipinski definition) is 0. The molecular formula is C40H44N10O. The summed E-state index contributed by atoms with van der Waals surface area (Å²) >= 11 is 0. The summed E-state index contributed by atoms with van der Waals surface area (Å²) in [6, 6.07) is 33.2. The fourth-order valence-corrected chi connectivity index (χ4v) is 7.30. The molecule has 8 rings (SSSR count). The first kappa shape index (κ1) is 32.8. The van der Waals surface area contributed by atoms with E-state index >= 15 is 0 Å². The van der Waals surface area contributed by atoms with Gasteiger partial charge in [0.05, 0.1) is 76.4 Å². The highest BCUT2D eigenvalue weighted by molar-refractivity contribution is 5.77. The number of benzene rings is 4. The maximum absolute atomic E-state index is 6.33. The molecule has 8 aromatic rings. The molecular weight excluding hydrogens is 637 g/mol. The van der Waals surface area contributed by atoms with Crippen molar-refractivity contribution in [1.82, 2.24) is 48.0 Å². The lowest BCUT2D eigenvalue weighted by Crippen LogP contribution is -2.41. The summed E-state index contributed by atoms with van der Waals surface area (Å²) < 4.78 is 15.1. The highest BCUT2D eigenvalue weighted by atomic mass is 16.5. The lowest BCUT2D eigenvalue weighted by atomic mass is 10.2. The van der Waals surface area contributed by atoms with Gasteiger partial charge in [0.25, 0.3) is 0 Å². The first-order valence-corrected chi connectivity index (χ1v) is 17.4. The van der Waals surface area contributed by atoms with Crippen molar-refractivity contribution in [2.75, 3.05) is 20.2 Å². The van der Waals surface area contributed by atoms with E-state index in [-0.39, 0.29) is 6.10 Å². The molecule has 0 aliphatic heterocycles. The van der Waals surface area contributed by atoms with E-state index in [1.54, 1.807) is 0 Å². The highest BCUT2D eigenvalue weighted by Gasteiger charge is 2.24. The van der Waals surface area contributed by atoms with Gasteiger partial charge in [0.1, 0.15) is 23.3 Å². The van der Waals surface area contributed by atoms with Crippen LogP contribution in [0.15, 0.2) is 97.1 Å². The molecule has 4 aromatic carbocycles. The molecule has 0 fully saturated rings. The van der Waals surface area contributed by atoms with Crippen LogP contribution in [0, 0.1) is 0 Å². The second kappa shape index (κ2) is 13.7. The maximum Gasteiger partial charge on any atom is 0.123 e. The Morgan fingerprint density at radius 2 is 0.706 bits per heavy atom. The quantitative estimate of drug-likeness (QED) is 0.149. The molecule has 0 aliphatic carbocycles. The SMILES string of the molecule is COC(CN(Cc1nc2ccccc2n1C)Cc1nc2ccccc2n1C)CN(Cc1nc2ccccc2n1C)Cc1nc2ccccc2n1C. The summed E-state index contributed by atoms with van der Waals surface area (Å²) in [7, 11) is 10.2. The number of nitrogens with zero attached hydrogens (tertiary/aromatic N) is 10. The summed E-state index contributed by atoms with van der Waals surface area (Å²) in [5.74, 6) is 4.00. The third kappa shape index (κ3) is 6.40. The van der Waals surface area contributed by atoms with Gasteiger partial charge in [-0.2, -0.15) is 0 Å². The molecule has 4 aromatic heterocycles. The number of ether oxygens (including phenoxy) is 1. The van der Waals surface area contributed by atoms with Crippen molar-refractivity contribution in [3.8, 4) is 0 Å². The third-order valence-electron chi connectivity index (χ3n) is 10.2. The van der Waals surface area contributed by atoms with E-state index in [1.165, 1.54) is 0 Å². The summed E-state index contributed by atoms with van der Waals surface area (Å²) in [6.45, 7) is 3.91. The predicted molar refractivity (Wildman–Crippen MR) is 202 cm³/mol. The Balaban J connectivity index is 1.12. The zero-order chi connectivity index (χ0) is 35.1. The molecule has 260 valence electrons. The standard InChI is InChI=1S/C40H44N10O/c1-45-33-18-10-6-14-29(33)41-37(45)24-49(25-38-42-30-15-7-11-19-34(30)46(38)2)22-28(51-5)23-50(26-39-43-31-16-8-12-20-35(31)47(39)3)27-40-44-32-17-9-13-21-36(32)48(40)4/h6-21,28H,22-27H2,1-5H3. The molecule has 0 radical (unpaired) electrons. The van der Waals surface area contributed by atoms with Gasteiger partial charge >= 0.3 is 0 Å². The number of hydrogen-bond acceptors (Lipinski definition) is 7. The second-order valence-electron chi connectivity index (χ2n) is 13.5. The fraction of sp³-hybridized carbons (Fsp3) is 0.300. The molecule has 0 aliphatic rings. The zero-order valence-electron chi connectivity index (χ0n) is 29.9. The Hall–Kier alpha value is -5.36. The van der Waals surface area contributed by atoms with Crippen LogP contribution in [0.3, 0.4) is 0 Å². The second-order valence-corrected chi connectivity index (χ2v) is 13.5. The predicted octanol–water partition coefficient (Wildman–Crippen LogP) is 5.95. The van der Waals surface area contributed by atoms with Crippen LogP contribution in [0.4, 0.5) is 0 Å². The van der Waals surface area contributed by atoms with Gasteiger partial charge in [0.2, 0.25) is 0 Å². The van der Waals surface area contributed by atoms with Crippen LogP contribution in [-0.2, 0) is 59.1 Å². The number of para-hydroxylation sites is 8. The van der Waals surface area contributed by atoms with Gasteiger partial charge in [-0.05, 0) is 48.5 Å². The molecule has 11 nitrogen and oxygen atoms in total. The van der Waals surface area contributed by atoms with Crippen LogP contribution >= 0.6 is 0 Å². The Kier molecular flexibility index (Phi) is 8.85. The minimum absolute atomic E-state index is 0.126. The number of imidazole rings is 4. The van der Waals surface area contributed by atoms with Crippen LogP contribution in [0.25, 0.3) is 44.1 Å². The number of fused-ring (bicyclic) bond motifs is 4. The minimum atomic E-state index is -0.126. The number of rotatable bonds is 13. The average Bonchev–Trinajstić information content (AvgIpc) is 3.85. The van der Waals surface area contributed by atoms with Gasteiger partial charge in [-0.15, -0.1) is 0 Å². The van der Waals surface area contributed by atoms with Gasteiger partial charge in [-0.3, -0.25) is 9.80 Å². The van der Waals surface area contributed by atoms with E-state index in [4.69, 9.17) is 24.7 Å². The molecule has 0 atom stereocenters. The van der Waals surface area contributed by atoms with E-state index in [2.05, 4.69) is 129 Å². The van der Waals surface area contributed by atoms with Crippen molar-refractivity contribution in [1.29, 1.82) is 0 Å². The number of aryl methyl sites for hydroxylation is 4. The lowest BCUT2D eigenvalue weighted by molar-refractivity contribution is 0.0239. The van der Waals surface area contributed by atoms with Crippen molar-refractivity contribution in [2.24, 2.45) is 28.2 Å². The smallest absolute Gasteiger partial charge is 0.123 e. The molecule has 11 heteroatoms. The summed E-state index contributed by atoms with van der Waals surface area (Å²) in [4.78, 5) is 25.0. The van der Waals surface area contributed by atoms with Gasteiger partial charge < -0.3 is 23.0 Å². The largest absolute Gasteiger partial charge is 0.379 e. The first-order valence-electron chi connectivity index (χ1n) is 17.4. The molecule has 0 N–H and O–H groups in total. The van der Waals surface area contributed by atoms with Gasteiger partial charge in [0.15, 0.2) is 0 Å². The van der Waals surface area contributed by atoms with Crippen molar-refractivity contribution in [2.45, 2.75) is 32.3 Å². The van der Waals surface area contributed by atoms with Crippen molar-refractivity contribution >= 4 is 44.1 Å². The van der Waals surface area contributed by atoms with Gasteiger partial charge in [-0.1, -0.05) is 48.5 Å². The molecule has 0 unspecified atom stereocenters. The molecule has 0 saturated heterocycles. The van der Waals surface area contributed by atoms with E-state index in [0.717, 1.165) is 67.4 Å². The van der Waals surface area contributed by atoms with Crippen molar-refractivity contribution in [3.63, 3.8) is 0 Å². The van der Waals surface area contributed by atoms with Crippen molar-refractivity contribution in [3.05, 3.63) is 120 Å². The molecule has 0 spiro atoms. The third-order valence-corrected chi connectivity index (χ3v) is 10.2. The first-order chi connectivity index (χ1) is 24.9. The summed E-state index contributed by atoms with van der Waals surface area (Å²) in [6.07, 6.45) is -0.126. The maximum atomic E-state index is 6.33. The van der Waals surface area contributed by atoms with Crippen molar-refractivity contribution < 1.29 is 4.74 Å². The minimum Gasteiger partial charge on any atom is -0.379 e. The number of methoxy groups -OCH3 is 1. The Morgan fingerprint density at radius 1 is 0.451 bits per heavy atom. The van der Waals surface area contributed by atoms with E-state index in [9.17, 15) is 0 Å². The van der Waals surface area contributed by atoms with E-state index < -0.39 is 0 Å². The zero-order valence-corrected chi connectivity index (χ0v) is 29.9. The molecule has 51 heavy (non-hydrogen) atoms. The molecule has 0 bridgehead atoms. The Bertz CT molecular complexity index is 2130. The van der Waals surface area contributed by atoms with Crippen LogP contribution in [0.5, 0.6) is 0 Å². The van der Waals surface area contributed by atoms with E-state index in [1.807, 2.05) is 31.4 Å². The topological polar surface area (TPSA) is 87.0 Å². The van der Waals surface area contributed by atoms with Crippen LogP contribution in [0.1, 0.15) is 23.3 Å². The van der Waals surface area contributed by atoms with Crippen LogP contribution in [0.2, 0.25) is 0 Å².